The van der Waals surface area contributed by atoms with Crippen LogP contribution in [0.25, 0.3) is 0 Å². The van der Waals surface area contributed by atoms with Crippen molar-refractivity contribution < 1.29 is 14.8 Å². The van der Waals surface area contributed by atoms with Gasteiger partial charge in [0.25, 0.3) is 0 Å². The van der Waals surface area contributed by atoms with Gasteiger partial charge in [-0.25, -0.2) is 0 Å². The van der Waals surface area contributed by atoms with Crippen LogP contribution in [0.2, 0.25) is 0 Å². The summed E-state index contributed by atoms with van der Waals surface area (Å²) < 4.78 is 5.51. The smallest absolute Gasteiger partial charge is 0.311 e. The Balaban J connectivity index is 2.15. The third-order valence-electron chi connectivity index (χ3n) is 2.93. The lowest BCUT2D eigenvalue weighted by Gasteiger charge is -2.08. The molecule has 0 spiro atoms. The predicted octanol–water partition coefficient (Wildman–Crippen LogP) is 2.60. The quantitative estimate of drug-likeness (QED) is 0.630. The minimum absolute atomic E-state index is 0.0541. The zero-order chi connectivity index (χ0) is 15.2. The van der Waals surface area contributed by atoms with Gasteiger partial charge in [-0.1, -0.05) is 18.2 Å². The first-order valence-corrected chi connectivity index (χ1v) is 6.43. The summed E-state index contributed by atoms with van der Waals surface area (Å²) in [6.45, 7) is 0.756. The van der Waals surface area contributed by atoms with Gasteiger partial charge in [-0.15, -0.1) is 0 Å². The van der Waals surface area contributed by atoms with Gasteiger partial charge in [0.05, 0.1) is 4.92 Å². The molecule has 0 aliphatic heterocycles. The van der Waals surface area contributed by atoms with Crippen molar-refractivity contribution in [2.45, 2.75) is 13.2 Å². The third kappa shape index (κ3) is 3.93. The Kier molecular flexibility index (Phi) is 4.73. The first-order chi connectivity index (χ1) is 10.1. The molecule has 0 saturated carbocycles. The molecule has 110 valence electrons. The van der Waals surface area contributed by atoms with E-state index < -0.39 is 4.92 Å². The average Bonchev–Trinajstić information content (AvgIpc) is 2.47. The van der Waals surface area contributed by atoms with Crippen molar-refractivity contribution in [1.82, 2.24) is 5.32 Å². The molecule has 2 rings (SSSR count). The lowest BCUT2D eigenvalue weighted by molar-refractivity contribution is -0.386. The minimum Gasteiger partial charge on any atom is -0.508 e. The Morgan fingerprint density at radius 2 is 1.86 bits per heavy atom. The Bertz CT molecular complexity index is 626. The largest absolute Gasteiger partial charge is 0.508 e. The fourth-order valence-electron chi connectivity index (χ4n) is 1.90. The number of aromatic hydroxyl groups is 1. The van der Waals surface area contributed by atoms with E-state index in [1.165, 1.54) is 6.07 Å². The molecule has 0 heterocycles. The van der Waals surface area contributed by atoms with E-state index in [-0.39, 0.29) is 23.8 Å². The van der Waals surface area contributed by atoms with Crippen LogP contribution in [0.1, 0.15) is 11.1 Å². The van der Waals surface area contributed by atoms with E-state index in [0.717, 1.165) is 11.1 Å². The van der Waals surface area contributed by atoms with E-state index in [1.807, 2.05) is 0 Å². The Morgan fingerprint density at radius 1 is 1.19 bits per heavy atom. The van der Waals surface area contributed by atoms with Crippen LogP contribution in [0.4, 0.5) is 5.69 Å². The fraction of sp³-hybridized carbons (Fsp3) is 0.200. The Morgan fingerprint density at radius 3 is 2.48 bits per heavy atom. The Labute approximate surface area is 122 Å². The lowest BCUT2D eigenvalue weighted by Crippen LogP contribution is -2.06. The summed E-state index contributed by atoms with van der Waals surface area (Å²) in [5.74, 6) is 0.397. The highest BCUT2D eigenvalue weighted by Crippen LogP contribution is 2.28. The van der Waals surface area contributed by atoms with Crippen LogP contribution in [0.15, 0.2) is 42.5 Å². The van der Waals surface area contributed by atoms with Crippen molar-refractivity contribution in [2.24, 2.45) is 0 Å². The van der Waals surface area contributed by atoms with Crippen LogP contribution < -0.4 is 10.1 Å². The van der Waals surface area contributed by atoms with Crippen molar-refractivity contribution in [3.8, 4) is 11.5 Å². The van der Waals surface area contributed by atoms with Crippen LogP contribution >= 0.6 is 0 Å². The molecule has 2 N–H and O–H groups in total. The lowest BCUT2D eigenvalue weighted by atomic mass is 10.2. The number of hydrogen-bond acceptors (Lipinski definition) is 5. The van der Waals surface area contributed by atoms with E-state index in [2.05, 4.69) is 5.32 Å². The van der Waals surface area contributed by atoms with Crippen LogP contribution in [0.3, 0.4) is 0 Å². The number of nitrogens with one attached hydrogen (secondary N) is 1. The van der Waals surface area contributed by atoms with E-state index >= 15 is 0 Å². The van der Waals surface area contributed by atoms with Crippen molar-refractivity contribution in [1.29, 1.82) is 0 Å². The molecule has 2 aromatic rings. The maximum absolute atomic E-state index is 11.1. The second-order valence-electron chi connectivity index (χ2n) is 4.54. The van der Waals surface area contributed by atoms with Crippen LogP contribution in [-0.4, -0.2) is 17.1 Å². The zero-order valence-corrected chi connectivity index (χ0v) is 11.6. The molecular weight excluding hydrogens is 272 g/mol. The molecule has 0 radical (unpaired) electrons. The monoisotopic (exact) mass is 288 g/mol. The average molecular weight is 288 g/mol. The number of benzene rings is 2. The second-order valence-corrected chi connectivity index (χ2v) is 4.54. The van der Waals surface area contributed by atoms with Crippen LogP contribution in [-0.2, 0) is 13.2 Å². The molecule has 0 bridgehead atoms. The van der Waals surface area contributed by atoms with Crippen molar-refractivity contribution >= 4 is 5.69 Å². The van der Waals surface area contributed by atoms with Crippen molar-refractivity contribution in [2.75, 3.05) is 7.05 Å². The number of rotatable bonds is 6. The number of phenolic OH excluding ortho intramolecular Hbond substituents is 1. The van der Waals surface area contributed by atoms with E-state index in [4.69, 9.17) is 4.74 Å². The highest BCUT2D eigenvalue weighted by Gasteiger charge is 2.16. The van der Waals surface area contributed by atoms with Crippen LogP contribution in [0.5, 0.6) is 11.5 Å². The second kappa shape index (κ2) is 6.71. The topological polar surface area (TPSA) is 84.6 Å². The Hall–Kier alpha value is -2.60. The third-order valence-corrected chi connectivity index (χ3v) is 2.93. The van der Waals surface area contributed by atoms with E-state index in [1.54, 1.807) is 43.4 Å². The summed E-state index contributed by atoms with van der Waals surface area (Å²) in [4.78, 5) is 10.7. The summed E-state index contributed by atoms with van der Waals surface area (Å²) in [5.41, 5.74) is 1.59. The van der Waals surface area contributed by atoms with Gasteiger partial charge in [0, 0.05) is 12.6 Å². The maximum atomic E-state index is 11.1. The molecule has 6 nitrogen and oxygen atoms in total. The summed E-state index contributed by atoms with van der Waals surface area (Å²) in [6, 6.07) is 11.4. The van der Waals surface area contributed by atoms with Crippen molar-refractivity contribution in [3.05, 3.63) is 63.7 Å². The van der Waals surface area contributed by atoms with Gasteiger partial charge in [-0.3, -0.25) is 10.1 Å². The highest BCUT2D eigenvalue weighted by molar-refractivity contribution is 5.48. The number of nitro benzene ring substituents is 1. The standard InChI is InChI=1S/C15H16N2O4/c1-16-9-12-4-7-15(14(8-12)17(19)20)21-10-11-2-5-13(18)6-3-11/h2-8,16,18H,9-10H2,1H3. The number of hydrogen-bond donors (Lipinski definition) is 2. The number of nitrogens with zero attached hydrogens (tertiary/aromatic N) is 1. The first kappa shape index (κ1) is 14.8. The molecule has 0 aromatic heterocycles. The molecule has 0 aliphatic rings. The number of ether oxygens (including phenoxy) is 1. The van der Waals surface area contributed by atoms with Gasteiger partial charge in [-0.2, -0.15) is 0 Å². The van der Waals surface area contributed by atoms with Crippen molar-refractivity contribution in [3.63, 3.8) is 0 Å². The molecular formula is C15H16N2O4. The predicted molar refractivity (Wildman–Crippen MR) is 78.3 cm³/mol. The number of phenols is 1. The van der Waals surface area contributed by atoms with Gasteiger partial charge in [0.2, 0.25) is 0 Å². The molecule has 0 fully saturated rings. The molecule has 6 heteroatoms. The van der Waals surface area contributed by atoms with E-state index in [9.17, 15) is 15.2 Å². The molecule has 0 amide bonds. The normalized spacial score (nSPS) is 10.3. The number of nitro groups is 1. The summed E-state index contributed by atoms with van der Waals surface area (Å²) in [5, 5.41) is 23.3. The molecule has 0 atom stereocenters. The summed E-state index contributed by atoms with van der Waals surface area (Å²) >= 11 is 0. The van der Waals surface area contributed by atoms with Gasteiger partial charge < -0.3 is 15.2 Å². The van der Waals surface area contributed by atoms with Gasteiger partial charge >= 0.3 is 5.69 Å². The molecule has 0 unspecified atom stereocenters. The zero-order valence-electron chi connectivity index (χ0n) is 11.6. The molecule has 21 heavy (non-hydrogen) atoms. The van der Waals surface area contributed by atoms with E-state index in [0.29, 0.717) is 6.54 Å². The van der Waals surface area contributed by atoms with Crippen LogP contribution in [0, 0.1) is 10.1 Å². The highest BCUT2D eigenvalue weighted by atomic mass is 16.6. The summed E-state index contributed by atoms with van der Waals surface area (Å²) in [6.07, 6.45) is 0. The maximum Gasteiger partial charge on any atom is 0.311 e. The first-order valence-electron chi connectivity index (χ1n) is 6.43. The SMILES string of the molecule is CNCc1ccc(OCc2ccc(O)cc2)c([N+](=O)[O-])c1. The summed E-state index contributed by atoms with van der Waals surface area (Å²) in [7, 11) is 1.78. The van der Waals surface area contributed by atoms with Gasteiger partial charge in [0.1, 0.15) is 12.4 Å². The fourth-order valence-corrected chi connectivity index (χ4v) is 1.90. The van der Waals surface area contributed by atoms with Gasteiger partial charge in [0.15, 0.2) is 5.75 Å². The van der Waals surface area contributed by atoms with Gasteiger partial charge in [-0.05, 0) is 36.4 Å². The minimum atomic E-state index is -0.453. The molecule has 0 aliphatic carbocycles. The molecule has 2 aromatic carbocycles. The molecule has 0 saturated heterocycles.